The molecule has 2 aromatic heterocycles. The van der Waals surface area contributed by atoms with Gasteiger partial charge in [0.05, 0.1) is 16.8 Å². The van der Waals surface area contributed by atoms with Crippen molar-refractivity contribution in [1.29, 1.82) is 0 Å². The van der Waals surface area contributed by atoms with Gasteiger partial charge in [0, 0.05) is 12.6 Å². The first-order valence-corrected chi connectivity index (χ1v) is 14.4. The molecule has 1 unspecified atom stereocenters. The molecule has 0 spiro atoms. The van der Waals surface area contributed by atoms with Crippen molar-refractivity contribution in [3.8, 4) is 0 Å². The number of carbonyl (C=O) groups is 2. The van der Waals surface area contributed by atoms with E-state index in [9.17, 15) is 9.59 Å². The van der Waals surface area contributed by atoms with Crippen molar-refractivity contribution in [2.75, 3.05) is 18.1 Å². The summed E-state index contributed by atoms with van der Waals surface area (Å²) < 4.78 is 3.20. The van der Waals surface area contributed by atoms with E-state index >= 15 is 0 Å². The van der Waals surface area contributed by atoms with E-state index in [4.69, 9.17) is 0 Å². The van der Waals surface area contributed by atoms with E-state index in [-0.39, 0.29) is 17.9 Å². The number of nitrogens with zero attached hydrogens (tertiary/aromatic N) is 2. The highest BCUT2D eigenvalue weighted by molar-refractivity contribution is 7.99. The van der Waals surface area contributed by atoms with Gasteiger partial charge in [-0.2, -0.15) is 11.8 Å². The van der Waals surface area contributed by atoms with Crippen LogP contribution in [0.15, 0.2) is 17.5 Å². The normalized spacial score (nSPS) is 22.6. The largest absolute Gasteiger partial charge is 0.351 e. The van der Waals surface area contributed by atoms with Crippen LogP contribution in [0.25, 0.3) is 10.2 Å². The fourth-order valence-electron chi connectivity index (χ4n) is 5.14. The number of rotatable bonds is 8. The number of fused-ring (bicyclic) bond motifs is 3. The standard InChI is InChI=1S/C25H37N3O2S2/c1-3-14-31-15-9-13-28-23(29)21-17-22-20(12-16-32-22)27(21)18-25(28,2)24(30)26-19-10-7-5-4-6-8-11-19/h12,16-17,19H,3-11,13-15,18H2,1-2H3,(H,26,30). The Morgan fingerprint density at radius 2 is 1.97 bits per heavy atom. The second-order valence-corrected chi connectivity index (χ2v) is 11.7. The van der Waals surface area contributed by atoms with E-state index < -0.39 is 5.54 Å². The van der Waals surface area contributed by atoms with Gasteiger partial charge < -0.3 is 14.8 Å². The minimum atomic E-state index is -0.865. The van der Waals surface area contributed by atoms with Gasteiger partial charge in [-0.3, -0.25) is 9.59 Å². The van der Waals surface area contributed by atoms with Crippen LogP contribution in [0.5, 0.6) is 0 Å². The summed E-state index contributed by atoms with van der Waals surface area (Å²) in [4.78, 5) is 29.3. The number of thioether (sulfide) groups is 1. The first-order valence-electron chi connectivity index (χ1n) is 12.3. The van der Waals surface area contributed by atoms with Crippen molar-refractivity contribution >= 4 is 45.1 Å². The Morgan fingerprint density at radius 1 is 1.22 bits per heavy atom. The second-order valence-electron chi connectivity index (χ2n) is 9.50. The molecule has 7 heteroatoms. The van der Waals surface area contributed by atoms with Crippen LogP contribution in [0.3, 0.4) is 0 Å². The summed E-state index contributed by atoms with van der Waals surface area (Å²) in [7, 11) is 0. The molecule has 2 aromatic rings. The smallest absolute Gasteiger partial charge is 0.271 e. The number of thiophene rings is 1. The minimum Gasteiger partial charge on any atom is -0.351 e. The van der Waals surface area contributed by atoms with Gasteiger partial charge in [-0.05, 0) is 61.6 Å². The Hall–Kier alpha value is -1.47. The molecule has 2 amide bonds. The maximum Gasteiger partial charge on any atom is 0.271 e. The van der Waals surface area contributed by atoms with E-state index in [2.05, 4.69) is 28.3 Å². The van der Waals surface area contributed by atoms with E-state index in [1.807, 2.05) is 29.7 Å². The third kappa shape index (κ3) is 4.89. The van der Waals surface area contributed by atoms with Crippen LogP contribution in [0, 0.1) is 0 Å². The summed E-state index contributed by atoms with van der Waals surface area (Å²) in [6.45, 7) is 5.32. The zero-order chi connectivity index (χ0) is 22.6. The molecule has 2 aliphatic rings. The highest BCUT2D eigenvalue weighted by Crippen LogP contribution is 2.35. The highest BCUT2D eigenvalue weighted by Gasteiger charge is 2.47. The van der Waals surface area contributed by atoms with Gasteiger partial charge in [-0.25, -0.2) is 0 Å². The molecule has 4 rings (SSSR count). The number of aromatic nitrogens is 1. The Bertz CT molecular complexity index is 929. The molecule has 0 saturated heterocycles. The van der Waals surface area contributed by atoms with Crippen LogP contribution in [-0.4, -0.2) is 50.9 Å². The first kappa shape index (κ1) is 23.7. The predicted molar refractivity (Wildman–Crippen MR) is 136 cm³/mol. The van der Waals surface area contributed by atoms with Crippen molar-refractivity contribution in [1.82, 2.24) is 14.8 Å². The first-order chi connectivity index (χ1) is 15.5. The summed E-state index contributed by atoms with van der Waals surface area (Å²) in [5.74, 6) is 2.18. The minimum absolute atomic E-state index is 0.00421. The van der Waals surface area contributed by atoms with E-state index in [0.717, 1.165) is 46.7 Å². The lowest BCUT2D eigenvalue weighted by Gasteiger charge is -2.44. The number of nitrogens with one attached hydrogen (secondary N) is 1. The number of amides is 2. The summed E-state index contributed by atoms with van der Waals surface area (Å²) in [5.41, 5.74) is 0.932. The van der Waals surface area contributed by atoms with E-state index in [0.29, 0.717) is 13.1 Å². The maximum absolute atomic E-state index is 13.8. The molecule has 3 heterocycles. The lowest BCUT2D eigenvalue weighted by atomic mass is 9.92. The van der Waals surface area contributed by atoms with Gasteiger partial charge in [-0.1, -0.05) is 39.0 Å². The number of hydrogen-bond acceptors (Lipinski definition) is 4. The van der Waals surface area contributed by atoms with Crippen LogP contribution in [0.4, 0.5) is 0 Å². The van der Waals surface area contributed by atoms with Crippen LogP contribution < -0.4 is 5.32 Å². The predicted octanol–water partition coefficient (Wildman–Crippen LogP) is 5.68. The molecule has 5 nitrogen and oxygen atoms in total. The van der Waals surface area contributed by atoms with E-state index in [1.165, 1.54) is 38.5 Å². The quantitative estimate of drug-likeness (QED) is 0.500. The summed E-state index contributed by atoms with van der Waals surface area (Å²) in [6, 6.07) is 4.30. The topological polar surface area (TPSA) is 54.3 Å². The monoisotopic (exact) mass is 475 g/mol. The zero-order valence-corrected chi connectivity index (χ0v) is 21.2. The third-order valence-corrected chi connectivity index (χ3v) is 9.12. The fraction of sp³-hybridized carbons (Fsp3) is 0.680. The van der Waals surface area contributed by atoms with Crippen molar-refractivity contribution in [2.45, 2.75) is 89.8 Å². The molecule has 1 aliphatic heterocycles. The Balaban J connectivity index is 1.56. The fourth-order valence-corrected chi connectivity index (χ4v) is 6.78. The van der Waals surface area contributed by atoms with Crippen molar-refractivity contribution in [3.05, 3.63) is 23.2 Å². The van der Waals surface area contributed by atoms with Crippen molar-refractivity contribution in [2.24, 2.45) is 0 Å². The Morgan fingerprint density at radius 3 is 2.72 bits per heavy atom. The Kier molecular flexibility index (Phi) is 7.87. The number of hydrogen-bond donors (Lipinski definition) is 1. The molecule has 176 valence electrons. The lowest BCUT2D eigenvalue weighted by molar-refractivity contribution is -0.133. The van der Waals surface area contributed by atoms with Gasteiger partial charge in [0.2, 0.25) is 5.91 Å². The summed E-state index contributed by atoms with van der Waals surface area (Å²) >= 11 is 3.59. The zero-order valence-electron chi connectivity index (χ0n) is 19.5. The average Bonchev–Trinajstić information content (AvgIpc) is 3.34. The van der Waals surface area contributed by atoms with Crippen LogP contribution in [0.1, 0.15) is 82.1 Å². The lowest BCUT2D eigenvalue weighted by Crippen LogP contribution is -2.65. The van der Waals surface area contributed by atoms with Crippen LogP contribution >= 0.6 is 23.1 Å². The molecule has 1 saturated carbocycles. The van der Waals surface area contributed by atoms with Gasteiger partial charge in [0.1, 0.15) is 11.2 Å². The van der Waals surface area contributed by atoms with Gasteiger partial charge >= 0.3 is 0 Å². The molecule has 1 atom stereocenters. The van der Waals surface area contributed by atoms with Gasteiger partial charge in [-0.15, -0.1) is 11.3 Å². The average molecular weight is 476 g/mol. The molecule has 0 aromatic carbocycles. The number of carbonyl (C=O) groups excluding carboxylic acids is 2. The summed E-state index contributed by atoms with van der Waals surface area (Å²) in [6.07, 6.45) is 10.4. The Labute approximate surface area is 200 Å². The third-order valence-electron chi connectivity index (χ3n) is 7.00. The van der Waals surface area contributed by atoms with Crippen molar-refractivity contribution < 1.29 is 9.59 Å². The van der Waals surface area contributed by atoms with Crippen LogP contribution in [0.2, 0.25) is 0 Å². The molecule has 1 aliphatic carbocycles. The molecule has 1 fully saturated rings. The SMILES string of the molecule is CCCSCCCN1C(=O)c2cc3sccc3n2CC1(C)C(=O)NC1CCCCCCC1. The molecular weight excluding hydrogens is 438 g/mol. The highest BCUT2D eigenvalue weighted by atomic mass is 32.2. The maximum atomic E-state index is 13.8. The molecule has 0 radical (unpaired) electrons. The molecular formula is C25H37N3O2S2. The van der Waals surface area contributed by atoms with Gasteiger partial charge in [0.25, 0.3) is 5.91 Å². The summed E-state index contributed by atoms with van der Waals surface area (Å²) in [5, 5.41) is 5.44. The second kappa shape index (κ2) is 10.6. The molecule has 0 bridgehead atoms. The molecule has 32 heavy (non-hydrogen) atoms. The van der Waals surface area contributed by atoms with Gasteiger partial charge in [0.15, 0.2) is 0 Å². The van der Waals surface area contributed by atoms with Crippen molar-refractivity contribution in [3.63, 3.8) is 0 Å². The molecule has 1 N–H and O–H groups in total. The van der Waals surface area contributed by atoms with Crippen LogP contribution in [-0.2, 0) is 11.3 Å². The van der Waals surface area contributed by atoms with E-state index in [1.54, 1.807) is 11.3 Å².